The second kappa shape index (κ2) is 5.33. The van der Waals surface area contributed by atoms with Crippen LogP contribution in [0.3, 0.4) is 0 Å². The lowest BCUT2D eigenvalue weighted by atomic mass is 10.3. The molecule has 1 aromatic carbocycles. The van der Waals surface area contributed by atoms with Crippen molar-refractivity contribution >= 4 is 21.5 Å². The van der Waals surface area contributed by atoms with Gasteiger partial charge in [0.2, 0.25) is 0 Å². The molecule has 8 heteroatoms. The molecule has 0 radical (unpaired) electrons. The summed E-state index contributed by atoms with van der Waals surface area (Å²) in [6.07, 6.45) is 1.43. The summed E-state index contributed by atoms with van der Waals surface area (Å²) in [6.45, 7) is 0. The van der Waals surface area contributed by atoms with Crippen LogP contribution in [0.15, 0.2) is 41.4 Å². The van der Waals surface area contributed by atoms with Gasteiger partial charge >= 0.3 is 0 Å². The monoisotopic (exact) mass is 297 g/mol. The van der Waals surface area contributed by atoms with E-state index in [9.17, 15) is 12.8 Å². The molecule has 2 rings (SSSR count). The maximum atomic E-state index is 13.7. The van der Waals surface area contributed by atoms with Gasteiger partial charge in [-0.3, -0.25) is 4.72 Å². The van der Waals surface area contributed by atoms with Crippen LogP contribution in [0.4, 0.5) is 15.9 Å². The van der Waals surface area contributed by atoms with Crippen LogP contribution in [0.2, 0.25) is 0 Å². The van der Waals surface area contributed by atoms with E-state index < -0.39 is 15.8 Å². The van der Waals surface area contributed by atoms with Crippen molar-refractivity contribution in [1.82, 2.24) is 4.98 Å². The number of nitrogens with zero attached hydrogens (tertiary/aromatic N) is 1. The Hall–Kier alpha value is -2.35. The molecule has 0 aliphatic rings. The number of rotatable bonds is 4. The van der Waals surface area contributed by atoms with Crippen molar-refractivity contribution in [3.8, 4) is 5.75 Å². The van der Waals surface area contributed by atoms with E-state index in [1.54, 1.807) is 12.1 Å². The first-order valence-electron chi connectivity index (χ1n) is 5.51. The molecule has 0 aliphatic heterocycles. The maximum absolute atomic E-state index is 13.7. The third kappa shape index (κ3) is 2.80. The highest BCUT2D eigenvalue weighted by Gasteiger charge is 2.19. The van der Waals surface area contributed by atoms with Crippen LogP contribution >= 0.6 is 0 Å². The number of sulfonamides is 1. The van der Waals surface area contributed by atoms with E-state index in [2.05, 4.69) is 9.71 Å². The molecule has 0 amide bonds. The number of benzene rings is 1. The van der Waals surface area contributed by atoms with Crippen molar-refractivity contribution in [2.24, 2.45) is 0 Å². The van der Waals surface area contributed by atoms with Crippen molar-refractivity contribution in [1.29, 1.82) is 0 Å². The van der Waals surface area contributed by atoms with Crippen molar-refractivity contribution < 1.29 is 17.5 Å². The smallest absolute Gasteiger partial charge is 0.263 e. The number of halogens is 1. The maximum Gasteiger partial charge on any atom is 0.263 e. The lowest BCUT2D eigenvalue weighted by Gasteiger charge is -2.10. The van der Waals surface area contributed by atoms with Gasteiger partial charge in [-0.2, -0.15) is 0 Å². The summed E-state index contributed by atoms with van der Waals surface area (Å²) < 4.78 is 44.8. The first-order chi connectivity index (χ1) is 9.44. The third-order valence-corrected chi connectivity index (χ3v) is 3.80. The summed E-state index contributed by atoms with van der Waals surface area (Å²) in [7, 11) is -2.73. The predicted molar refractivity (Wildman–Crippen MR) is 72.4 cm³/mol. The van der Waals surface area contributed by atoms with Gasteiger partial charge in [-0.1, -0.05) is 6.07 Å². The standard InChI is InChI=1S/C12H12FN3O3S/c1-19-12-9(13)6-8(7-10(12)14)20(17,18)16-11-4-2-3-5-15-11/h2-7H,14H2,1H3,(H,15,16). The topological polar surface area (TPSA) is 94.3 Å². The molecule has 20 heavy (non-hydrogen) atoms. The Morgan fingerprint density at radius 1 is 1.35 bits per heavy atom. The fraction of sp³-hybridized carbons (Fsp3) is 0.0833. The normalized spacial score (nSPS) is 11.1. The summed E-state index contributed by atoms with van der Waals surface area (Å²) in [4.78, 5) is 3.52. The average molecular weight is 297 g/mol. The number of aromatic nitrogens is 1. The SMILES string of the molecule is COc1c(N)cc(S(=O)(=O)Nc2ccccn2)cc1F. The van der Waals surface area contributed by atoms with Gasteiger partial charge < -0.3 is 10.5 Å². The van der Waals surface area contributed by atoms with Crippen molar-refractivity contribution in [2.45, 2.75) is 4.90 Å². The Labute approximate surface area is 115 Å². The third-order valence-electron chi connectivity index (χ3n) is 2.46. The molecule has 106 valence electrons. The zero-order valence-electron chi connectivity index (χ0n) is 10.5. The van der Waals surface area contributed by atoms with Gasteiger partial charge in [0.1, 0.15) is 5.82 Å². The van der Waals surface area contributed by atoms with Crippen molar-refractivity contribution in [3.05, 3.63) is 42.3 Å². The molecule has 0 bridgehead atoms. The van der Waals surface area contributed by atoms with Crippen LogP contribution in [0.5, 0.6) is 5.75 Å². The number of pyridine rings is 1. The van der Waals surface area contributed by atoms with Crippen LogP contribution in [0.25, 0.3) is 0 Å². The number of nitrogens with one attached hydrogen (secondary N) is 1. The lowest BCUT2D eigenvalue weighted by Crippen LogP contribution is -2.14. The number of ether oxygens (including phenoxy) is 1. The van der Waals surface area contributed by atoms with Crippen LogP contribution in [-0.2, 0) is 10.0 Å². The Morgan fingerprint density at radius 2 is 2.10 bits per heavy atom. The first kappa shape index (κ1) is 14.1. The highest BCUT2D eigenvalue weighted by atomic mass is 32.2. The highest BCUT2D eigenvalue weighted by molar-refractivity contribution is 7.92. The largest absolute Gasteiger partial charge is 0.492 e. The van der Waals surface area contributed by atoms with E-state index in [1.807, 2.05) is 0 Å². The molecule has 6 nitrogen and oxygen atoms in total. The quantitative estimate of drug-likeness (QED) is 0.836. The molecule has 0 atom stereocenters. The van der Waals surface area contributed by atoms with Gasteiger partial charge in [-0.25, -0.2) is 17.8 Å². The van der Waals surface area contributed by atoms with E-state index in [-0.39, 0.29) is 22.2 Å². The summed E-state index contributed by atoms with van der Waals surface area (Å²) in [5.41, 5.74) is 5.45. The highest BCUT2D eigenvalue weighted by Crippen LogP contribution is 2.29. The minimum Gasteiger partial charge on any atom is -0.492 e. The van der Waals surface area contributed by atoms with Crippen LogP contribution < -0.4 is 15.2 Å². The zero-order chi connectivity index (χ0) is 14.8. The lowest BCUT2D eigenvalue weighted by molar-refractivity contribution is 0.388. The zero-order valence-corrected chi connectivity index (χ0v) is 11.3. The summed E-state index contributed by atoms with van der Waals surface area (Å²) in [5.74, 6) is -0.919. The van der Waals surface area contributed by atoms with Crippen LogP contribution in [0, 0.1) is 5.82 Å². The second-order valence-electron chi connectivity index (χ2n) is 3.85. The number of nitrogens with two attached hydrogens (primary N) is 1. The average Bonchev–Trinajstić information content (AvgIpc) is 2.39. The van der Waals surface area contributed by atoms with Crippen LogP contribution in [-0.4, -0.2) is 20.5 Å². The number of nitrogen functional groups attached to an aromatic ring is 1. The first-order valence-corrected chi connectivity index (χ1v) is 6.99. The van der Waals surface area contributed by atoms with Gasteiger partial charge in [0.05, 0.1) is 17.7 Å². The van der Waals surface area contributed by atoms with Gasteiger partial charge in [0.15, 0.2) is 11.6 Å². The molecule has 1 heterocycles. The Morgan fingerprint density at radius 3 is 2.65 bits per heavy atom. The molecule has 0 unspecified atom stereocenters. The molecule has 2 aromatic rings. The molecule has 3 N–H and O–H groups in total. The minimum atomic E-state index is -3.97. The van der Waals surface area contributed by atoms with Crippen molar-refractivity contribution in [3.63, 3.8) is 0 Å². The second-order valence-corrected chi connectivity index (χ2v) is 5.53. The molecule has 0 saturated heterocycles. The van der Waals surface area contributed by atoms with E-state index in [0.29, 0.717) is 0 Å². The number of anilines is 2. The van der Waals surface area contributed by atoms with E-state index in [0.717, 1.165) is 12.1 Å². The Balaban J connectivity index is 2.40. The minimum absolute atomic E-state index is 0.103. The van der Waals surface area contributed by atoms with E-state index >= 15 is 0 Å². The Kier molecular flexibility index (Phi) is 3.75. The fourth-order valence-corrected chi connectivity index (χ4v) is 2.63. The van der Waals surface area contributed by atoms with E-state index in [1.165, 1.54) is 19.4 Å². The number of hydrogen-bond donors (Lipinski definition) is 2. The molecule has 0 aliphatic carbocycles. The Bertz CT molecular complexity index is 697. The van der Waals surface area contributed by atoms with Gasteiger partial charge in [-0.05, 0) is 24.3 Å². The molecule has 0 fully saturated rings. The molecule has 1 aromatic heterocycles. The summed E-state index contributed by atoms with van der Waals surface area (Å²) >= 11 is 0. The molecule has 0 spiro atoms. The number of methoxy groups -OCH3 is 1. The summed E-state index contributed by atoms with van der Waals surface area (Å²) in [5, 5.41) is 0. The van der Waals surface area contributed by atoms with Gasteiger partial charge in [0, 0.05) is 6.20 Å². The number of hydrogen-bond acceptors (Lipinski definition) is 5. The van der Waals surface area contributed by atoms with E-state index in [4.69, 9.17) is 10.5 Å². The fourth-order valence-electron chi connectivity index (χ4n) is 1.58. The van der Waals surface area contributed by atoms with Crippen LogP contribution in [0.1, 0.15) is 0 Å². The van der Waals surface area contributed by atoms with Gasteiger partial charge in [-0.15, -0.1) is 0 Å². The molecular weight excluding hydrogens is 285 g/mol. The van der Waals surface area contributed by atoms with Gasteiger partial charge in [0.25, 0.3) is 10.0 Å². The summed E-state index contributed by atoms with van der Waals surface area (Å²) in [6, 6.07) is 6.69. The van der Waals surface area contributed by atoms with Crippen molar-refractivity contribution in [2.75, 3.05) is 17.6 Å². The molecular formula is C12H12FN3O3S. The molecule has 0 saturated carbocycles. The predicted octanol–water partition coefficient (Wildman–Crippen LogP) is 1.61.